The van der Waals surface area contributed by atoms with Crippen molar-refractivity contribution in [2.24, 2.45) is 0 Å². The third kappa shape index (κ3) is 2.68. The van der Waals surface area contributed by atoms with Gasteiger partial charge in [0.15, 0.2) is 0 Å². The number of aliphatic hydroxyl groups excluding tert-OH is 1. The molecule has 5 heteroatoms. The Balaban J connectivity index is 2.61. The maximum Gasteiger partial charge on any atom is 0.396 e. The highest BCUT2D eigenvalue weighted by Gasteiger charge is 2.32. The number of likely N-dealkylation sites (N-methyl/N-ethyl adjacent to an activating group) is 1. The third-order valence-electron chi connectivity index (χ3n) is 2.87. The molecule has 1 saturated carbocycles. The SMILES string of the molecule is COC(=O)C(=O)N(C)C1CCCCC1O. The summed E-state index contributed by atoms with van der Waals surface area (Å²) in [6.45, 7) is 0. The molecule has 1 aliphatic carbocycles. The highest BCUT2D eigenvalue weighted by molar-refractivity contribution is 6.32. The summed E-state index contributed by atoms with van der Waals surface area (Å²) < 4.78 is 4.35. The molecule has 2 atom stereocenters. The first kappa shape index (κ1) is 12.0. The van der Waals surface area contributed by atoms with Gasteiger partial charge in [-0.25, -0.2) is 4.79 Å². The van der Waals surface area contributed by atoms with Gasteiger partial charge in [0.05, 0.1) is 19.3 Å². The Hall–Kier alpha value is -1.10. The number of rotatable bonds is 1. The maximum absolute atomic E-state index is 11.5. The maximum atomic E-state index is 11.5. The van der Waals surface area contributed by atoms with Crippen LogP contribution >= 0.6 is 0 Å². The van der Waals surface area contributed by atoms with Crippen molar-refractivity contribution in [2.45, 2.75) is 37.8 Å². The first-order valence-electron chi connectivity index (χ1n) is 5.11. The quantitative estimate of drug-likeness (QED) is 0.491. The molecule has 0 saturated heterocycles. The summed E-state index contributed by atoms with van der Waals surface area (Å²) in [5.74, 6) is -1.57. The van der Waals surface area contributed by atoms with Gasteiger partial charge in [-0.15, -0.1) is 0 Å². The van der Waals surface area contributed by atoms with Gasteiger partial charge in [0.1, 0.15) is 0 Å². The number of carbonyl (C=O) groups is 2. The van der Waals surface area contributed by atoms with Gasteiger partial charge in [0.2, 0.25) is 0 Å². The highest BCUT2D eigenvalue weighted by Crippen LogP contribution is 2.22. The fourth-order valence-corrected chi connectivity index (χ4v) is 1.93. The molecule has 0 aromatic carbocycles. The van der Waals surface area contributed by atoms with E-state index in [4.69, 9.17) is 0 Å². The van der Waals surface area contributed by atoms with Gasteiger partial charge >= 0.3 is 11.9 Å². The fraction of sp³-hybridized carbons (Fsp3) is 0.800. The van der Waals surface area contributed by atoms with Crippen molar-refractivity contribution in [2.75, 3.05) is 14.2 Å². The predicted molar refractivity (Wildman–Crippen MR) is 53.0 cm³/mol. The van der Waals surface area contributed by atoms with Gasteiger partial charge in [-0.1, -0.05) is 12.8 Å². The number of carbonyl (C=O) groups excluding carboxylic acids is 2. The van der Waals surface area contributed by atoms with Crippen molar-refractivity contribution in [1.82, 2.24) is 4.90 Å². The molecule has 0 aliphatic heterocycles. The van der Waals surface area contributed by atoms with Gasteiger partial charge in [0, 0.05) is 7.05 Å². The van der Waals surface area contributed by atoms with E-state index >= 15 is 0 Å². The number of hydrogen-bond donors (Lipinski definition) is 1. The fourth-order valence-electron chi connectivity index (χ4n) is 1.93. The molecule has 2 unspecified atom stereocenters. The average Bonchev–Trinajstić information content (AvgIpc) is 2.26. The van der Waals surface area contributed by atoms with E-state index in [9.17, 15) is 14.7 Å². The molecule has 0 spiro atoms. The van der Waals surface area contributed by atoms with Crippen molar-refractivity contribution in [3.8, 4) is 0 Å². The second kappa shape index (κ2) is 5.11. The molecule has 1 fully saturated rings. The van der Waals surface area contributed by atoms with Crippen LogP contribution in [0, 0.1) is 0 Å². The normalized spacial score (nSPS) is 25.8. The molecule has 15 heavy (non-hydrogen) atoms. The number of amides is 1. The molecule has 1 aliphatic rings. The minimum Gasteiger partial charge on any atom is -0.462 e. The van der Waals surface area contributed by atoms with Crippen molar-refractivity contribution >= 4 is 11.9 Å². The van der Waals surface area contributed by atoms with E-state index < -0.39 is 18.0 Å². The lowest BCUT2D eigenvalue weighted by molar-refractivity contribution is -0.160. The predicted octanol–water partition coefficient (Wildman–Crippen LogP) is -0.0787. The van der Waals surface area contributed by atoms with Crippen molar-refractivity contribution in [3.05, 3.63) is 0 Å². The lowest BCUT2D eigenvalue weighted by Gasteiger charge is -2.34. The summed E-state index contributed by atoms with van der Waals surface area (Å²) >= 11 is 0. The first-order valence-corrected chi connectivity index (χ1v) is 5.11. The minimum absolute atomic E-state index is 0.259. The van der Waals surface area contributed by atoms with E-state index in [0.29, 0.717) is 6.42 Å². The zero-order valence-corrected chi connectivity index (χ0v) is 9.10. The minimum atomic E-state index is -0.879. The Kier molecular flexibility index (Phi) is 4.08. The Morgan fingerprint density at radius 2 is 1.93 bits per heavy atom. The van der Waals surface area contributed by atoms with E-state index in [0.717, 1.165) is 19.3 Å². The zero-order valence-electron chi connectivity index (χ0n) is 9.10. The molecular weight excluding hydrogens is 198 g/mol. The van der Waals surface area contributed by atoms with Gasteiger partial charge in [-0.2, -0.15) is 0 Å². The molecule has 1 rings (SSSR count). The van der Waals surface area contributed by atoms with Gasteiger partial charge in [0.25, 0.3) is 0 Å². The number of aliphatic hydroxyl groups is 1. The molecule has 0 aromatic heterocycles. The second-order valence-electron chi connectivity index (χ2n) is 3.83. The first-order chi connectivity index (χ1) is 7.07. The molecule has 0 aromatic rings. The molecular formula is C10H17NO4. The number of nitrogens with zero attached hydrogens (tertiary/aromatic N) is 1. The van der Waals surface area contributed by atoms with E-state index in [2.05, 4.69) is 4.74 Å². The van der Waals surface area contributed by atoms with Crippen LogP contribution < -0.4 is 0 Å². The number of esters is 1. The van der Waals surface area contributed by atoms with Crippen LogP contribution in [0.1, 0.15) is 25.7 Å². The molecule has 1 amide bonds. The van der Waals surface area contributed by atoms with Crippen molar-refractivity contribution < 1.29 is 19.4 Å². The van der Waals surface area contributed by atoms with Crippen LogP contribution in [0.4, 0.5) is 0 Å². The lowest BCUT2D eigenvalue weighted by atomic mass is 9.91. The van der Waals surface area contributed by atoms with Crippen LogP contribution in [-0.4, -0.2) is 48.2 Å². The molecule has 0 heterocycles. The topological polar surface area (TPSA) is 66.8 Å². The number of hydrogen-bond acceptors (Lipinski definition) is 4. The Morgan fingerprint density at radius 3 is 2.47 bits per heavy atom. The summed E-state index contributed by atoms with van der Waals surface area (Å²) in [6.07, 6.45) is 2.83. The van der Waals surface area contributed by atoms with Crippen molar-refractivity contribution in [1.29, 1.82) is 0 Å². The summed E-state index contributed by atoms with van der Waals surface area (Å²) in [5.41, 5.74) is 0. The van der Waals surface area contributed by atoms with E-state index in [-0.39, 0.29) is 6.04 Å². The average molecular weight is 215 g/mol. The lowest BCUT2D eigenvalue weighted by Crippen LogP contribution is -2.48. The molecule has 5 nitrogen and oxygen atoms in total. The zero-order chi connectivity index (χ0) is 11.4. The smallest absolute Gasteiger partial charge is 0.396 e. The van der Waals surface area contributed by atoms with Crippen LogP contribution in [0.25, 0.3) is 0 Å². The Morgan fingerprint density at radius 1 is 1.33 bits per heavy atom. The van der Waals surface area contributed by atoms with E-state index in [1.165, 1.54) is 19.1 Å². The summed E-state index contributed by atoms with van der Waals surface area (Å²) in [7, 11) is 2.70. The Bertz CT molecular complexity index is 254. The number of ether oxygens (including phenoxy) is 1. The summed E-state index contributed by atoms with van der Waals surface area (Å²) in [6, 6.07) is -0.259. The Labute approximate surface area is 89.0 Å². The van der Waals surface area contributed by atoms with Crippen LogP contribution in [0.5, 0.6) is 0 Å². The summed E-state index contributed by atoms with van der Waals surface area (Å²) in [5, 5.41) is 9.70. The third-order valence-corrected chi connectivity index (χ3v) is 2.87. The standard InChI is InChI=1S/C10H17NO4/c1-11(9(13)10(14)15-2)7-5-3-4-6-8(7)12/h7-8,12H,3-6H2,1-2H3. The van der Waals surface area contributed by atoms with Crippen molar-refractivity contribution in [3.63, 3.8) is 0 Å². The molecule has 0 bridgehead atoms. The molecule has 0 radical (unpaired) electrons. The molecule has 1 N–H and O–H groups in total. The van der Waals surface area contributed by atoms with Crippen LogP contribution in [-0.2, 0) is 14.3 Å². The van der Waals surface area contributed by atoms with Crippen LogP contribution in [0.2, 0.25) is 0 Å². The van der Waals surface area contributed by atoms with E-state index in [1.807, 2.05) is 0 Å². The number of methoxy groups -OCH3 is 1. The van der Waals surface area contributed by atoms with Crippen LogP contribution in [0.15, 0.2) is 0 Å². The van der Waals surface area contributed by atoms with Gasteiger partial charge in [-0.05, 0) is 12.8 Å². The van der Waals surface area contributed by atoms with Gasteiger partial charge < -0.3 is 14.7 Å². The monoisotopic (exact) mass is 215 g/mol. The van der Waals surface area contributed by atoms with Crippen LogP contribution in [0.3, 0.4) is 0 Å². The highest BCUT2D eigenvalue weighted by atomic mass is 16.5. The molecule has 86 valence electrons. The second-order valence-corrected chi connectivity index (χ2v) is 3.83. The van der Waals surface area contributed by atoms with Gasteiger partial charge in [-0.3, -0.25) is 4.79 Å². The summed E-state index contributed by atoms with van der Waals surface area (Å²) in [4.78, 5) is 23.8. The van der Waals surface area contributed by atoms with E-state index in [1.54, 1.807) is 0 Å². The largest absolute Gasteiger partial charge is 0.462 e.